The van der Waals surface area contributed by atoms with Crippen molar-refractivity contribution in [3.05, 3.63) is 42.0 Å². The van der Waals surface area contributed by atoms with Crippen LogP contribution in [0.2, 0.25) is 0 Å². The van der Waals surface area contributed by atoms with Crippen LogP contribution in [0.5, 0.6) is 17.2 Å². The van der Waals surface area contributed by atoms with Gasteiger partial charge in [-0.05, 0) is 42.0 Å². The van der Waals surface area contributed by atoms with E-state index in [2.05, 4.69) is 5.32 Å². The van der Waals surface area contributed by atoms with Crippen LogP contribution in [0.15, 0.2) is 41.3 Å². The molecule has 2 rings (SSSR count). The van der Waals surface area contributed by atoms with E-state index in [-0.39, 0.29) is 17.1 Å². The second kappa shape index (κ2) is 10.9. The van der Waals surface area contributed by atoms with Gasteiger partial charge in [0.2, 0.25) is 31.7 Å². The third-order valence-corrected chi connectivity index (χ3v) is 7.77. The summed E-state index contributed by atoms with van der Waals surface area (Å²) < 4.78 is 67.0. The van der Waals surface area contributed by atoms with E-state index < -0.39 is 32.5 Å². The fourth-order valence-electron chi connectivity index (χ4n) is 3.02. The lowest BCUT2D eigenvalue weighted by Crippen LogP contribution is -2.40. The van der Waals surface area contributed by atoms with Crippen molar-refractivity contribution in [2.75, 3.05) is 52.5 Å². The molecule has 2 aromatic rings. The Balaban J connectivity index is 2.20. The van der Waals surface area contributed by atoms with Gasteiger partial charge in [0.15, 0.2) is 11.5 Å². The fraction of sp³-hybridized carbons (Fsp3) is 0.381. The van der Waals surface area contributed by atoms with E-state index in [0.717, 1.165) is 14.9 Å². The van der Waals surface area contributed by atoms with E-state index in [0.29, 0.717) is 22.8 Å². The highest BCUT2D eigenvalue weighted by molar-refractivity contribution is 7.92. The molecule has 0 aliphatic rings. The molecule has 0 saturated heterocycles. The van der Waals surface area contributed by atoms with Gasteiger partial charge in [0.1, 0.15) is 6.54 Å². The number of nitrogens with one attached hydrogen (secondary N) is 1. The summed E-state index contributed by atoms with van der Waals surface area (Å²) >= 11 is 0. The maximum atomic E-state index is 12.6. The first-order chi connectivity index (χ1) is 15.8. The Hall–Kier alpha value is -3.03. The summed E-state index contributed by atoms with van der Waals surface area (Å²) in [5.41, 5.74) is 0.801. The average molecular weight is 516 g/mol. The molecule has 13 heteroatoms. The topological polar surface area (TPSA) is 132 Å². The number of carbonyl (C=O) groups is 1. The number of amides is 1. The van der Waals surface area contributed by atoms with Crippen molar-refractivity contribution in [3.8, 4) is 17.2 Å². The molecule has 0 radical (unpaired) electrons. The van der Waals surface area contributed by atoms with Crippen molar-refractivity contribution in [1.82, 2.24) is 9.62 Å². The number of anilines is 1. The molecule has 0 aromatic heterocycles. The number of nitrogens with zero attached hydrogens (tertiary/aromatic N) is 2. The molecule has 2 aromatic carbocycles. The quantitative estimate of drug-likeness (QED) is 0.470. The van der Waals surface area contributed by atoms with Gasteiger partial charge in [0.25, 0.3) is 0 Å². The molecule has 0 saturated carbocycles. The first kappa shape index (κ1) is 27.2. The fourth-order valence-corrected chi connectivity index (χ4v) is 4.78. The number of methoxy groups -OCH3 is 3. The number of hydrogen-bond acceptors (Lipinski definition) is 8. The highest BCUT2D eigenvalue weighted by Crippen LogP contribution is 2.38. The zero-order valence-corrected chi connectivity index (χ0v) is 21.5. The van der Waals surface area contributed by atoms with Crippen molar-refractivity contribution < 1.29 is 35.8 Å². The number of carbonyl (C=O) groups excluding carboxylic acids is 1. The van der Waals surface area contributed by atoms with Gasteiger partial charge in [-0.15, -0.1) is 0 Å². The van der Waals surface area contributed by atoms with Gasteiger partial charge in [-0.1, -0.05) is 0 Å². The summed E-state index contributed by atoms with van der Waals surface area (Å²) in [4.78, 5) is 12.6. The van der Waals surface area contributed by atoms with Crippen LogP contribution >= 0.6 is 0 Å². The van der Waals surface area contributed by atoms with Crippen LogP contribution < -0.4 is 23.8 Å². The summed E-state index contributed by atoms with van der Waals surface area (Å²) in [6.07, 6.45) is 0.962. The summed E-state index contributed by atoms with van der Waals surface area (Å²) in [5, 5.41) is 2.66. The number of sulfonamides is 2. The van der Waals surface area contributed by atoms with E-state index in [9.17, 15) is 21.6 Å². The Labute approximate surface area is 200 Å². The van der Waals surface area contributed by atoms with Gasteiger partial charge >= 0.3 is 0 Å². The van der Waals surface area contributed by atoms with Crippen molar-refractivity contribution in [2.45, 2.75) is 11.4 Å². The lowest BCUT2D eigenvalue weighted by Gasteiger charge is -2.22. The molecule has 0 aliphatic heterocycles. The number of hydrogen-bond donors (Lipinski definition) is 1. The molecule has 1 N–H and O–H groups in total. The predicted octanol–water partition coefficient (Wildman–Crippen LogP) is 1.05. The van der Waals surface area contributed by atoms with Gasteiger partial charge < -0.3 is 19.5 Å². The summed E-state index contributed by atoms with van der Waals surface area (Å²) in [6.45, 7) is -0.420. The summed E-state index contributed by atoms with van der Waals surface area (Å²) in [7, 11) is -0.307. The molecular formula is C21H29N3O8S2. The molecule has 34 heavy (non-hydrogen) atoms. The van der Waals surface area contributed by atoms with Gasteiger partial charge in [0, 0.05) is 20.6 Å². The number of rotatable bonds is 11. The van der Waals surface area contributed by atoms with Crippen LogP contribution in [0.3, 0.4) is 0 Å². The minimum absolute atomic E-state index is 0.00144. The smallest absolute Gasteiger partial charge is 0.242 e. The highest BCUT2D eigenvalue weighted by Gasteiger charge is 2.23. The molecule has 0 aliphatic carbocycles. The van der Waals surface area contributed by atoms with E-state index in [1.807, 2.05) is 0 Å². The number of ether oxygens (including phenoxy) is 3. The van der Waals surface area contributed by atoms with Crippen LogP contribution in [0.1, 0.15) is 5.56 Å². The zero-order valence-electron chi connectivity index (χ0n) is 19.9. The molecule has 0 unspecified atom stereocenters. The molecule has 188 valence electrons. The zero-order chi connectivity index (χ0) is 25.7. The molecule has 0 fully saturated rings. The molecule has 0 heterocycles. The molecule has 1 amide bonds. The molecule has 0 bridgehead atoms. The van der Waals surface area contributed by atoms with Crippen molar-refractivity contribution in [1.29, 1.82) is 0 Å². The van der Waals surface area contributed by atoms with E-state index >= 15 is 0 Å². The monoisotopic (exact) mass is 515 g/mol. The minimum atomic E-state index is -3.83. The third kappa shape index (κ3) is 6.30. The maximum absolute atomic E-state index is 12.6. The Morgan fingerprint density at radius 3 is 1.85 bits per heavy atom. The van der Waals surface area contributed by atoms with Crippen LogP contribution in [-0.2, 0) is 31.4 Å². The maximum Gasteiger partial charge on any atom is 0.242 e. The van der Waals surface area contributed by atoms with Crippen LogP contribution in [-0.4, -0.2) is 75.3 Å². The van der Waals surface area contributed by atoms with Crippen LogP contribution in [0.25, 0.3) is 0 Å². The number of benzene rings is 2. The highest BCUT2D eigenvalue weighted by atomic mass is 32.2. The second-order valence-electron chi connectivity index (χ2n) is 7.36. The first-order valence-electron chi connectivity index (χ1n) is 9.91. The van der Waals surface area contributed by atoms with Crippen molar-refractivity contribution >= 4 is 31.6 Å². The molecular weight excluding hydrogens is 486 g/mol. The van der Waals surface area contributed by atoms with Crippen molar-refractivity contribution in [2.24, 2.45) is 0 Å². The average Bonchev–Trinajstić information content (AvgIpc) is 2.79. The Bertz CT molecular complexity index is 1200. The Morgan fingerprint density at radius 2 is 1.44 bits per heavy atom. The predicted molar refractivity (Wildman–Crippen MR) is 127 cm³/mol. The minimum Gasteiger partial charge on any atom is -0.493 e. The molecule has 11 nitrogen and oxygen atoms in total. The van der Waals surface area contributed by atoms with E-state index in [1.165, 1.54) is 59.7 Å². The van der Waals surface area contributed by atoms with Gasteiger partial charge in [-0.3, -0.25) is 9.10 Å². The molecule has 0 spiro atoms. The SMILES string of the molecule is COc1cc(CNC(=O)CN(c2ccc(S(=O)(=O)N(C)C)cc2)S(C)(=O)=O)cc(OC)c1OC. The summed E-state index contributed by atoms with van der Waals surface area (Å²) in [6, 6.07) is 8.58. The normalized spacial score (nSPS) is 11.7. The second-order valence-corrected chi connectivity index (χ2v) is 11.4. The van der Waals surface area contributed by atoms with Gasteiger partial charge in [0.05, 0.1) is 38.2 Å². The lowest BCUT2D eigenvalue weighted by molar-refractivity contribution is -0.119. The largest absolute Gasteiger partial charge is 0.493 e. The lowest BCUT2D eigenvalue weighted by atomic mass is 10.1. The van der Waals surface area contributed by atoms with E-state index in [4.69, 9.17) is 14.2 Å². The Kier molecular flexibility index (Phi) is 8.75. The van der Waals surface area contributed by atoms with Crippen LogP contribution in [0.4, 0.5) is 5.69 Å². The van der Waals surface area contributed by atoms with Crippen molar-refractivity contribution in [3.63, 3.8) is 0 Å². The standard InChI is InChI=1S/C21H29N3O8S2/c1-23(2)34(28,29)17-9-7-16(8-10-17)24(33(6,26)27)14-20(25)22-13-15-11-18(30-3)21(32-5)19(12-15)31-4/h7-12H,13-14H2,1-6H3,(H,22,25). The first-order valence-corrected chi connectivity index (χ1v) is 13.2. The van der Waals surface area contributed by atoms with Crippen LogP contribution in [0, 0.1) is 0 Å². The third-order valence-electron chi connectivity index (χ3n) is 4.81. The Morgan fingerprint density at radius 1 is 0.912 bits per heavy atom. The molecule has 0 atom stereocenters. The van der Waals surface area contributed by atoms with Gasteiger partial charge in [-0.2, -0.15) is 0 Å². The van der Waals surface area contributed by atoms with E-state index in [1.54, 1.807) is 12.1 Å². The summed E-state index contributed by atoms with van der Waals surface area (Å²) in [5.74, 6) is 0.667. The van der Waals surface area contributed by atoms with Gasteiger partial charge in [-0.25, -0.2) is 21.1 Å².